The summed E-state index contributed by atoms with van der Waals surface area (Å²) >= 11 is 5.86. The van der Waals surface area contributed by atoms with Gasteiger partial charge in [-0.25, -0.2) is 0 Å². The van der Waals surface area contributed by atoms with Crippen molar-refractivity contribution in [1.29, 1.82) is 5.41 Å². The van der Waals surface area contributed by atoms with Crippen molar-refractivity contribution < 1.29 is 0 Å². The molecule has 0 fully saturated rings. The lowest BCUT2D eigenvalue weighted by Crippen LogP contribution is -2.25. The van der Waals surface area contributed by atoms with Crippen LogP contribution in [0.2, 0.25) is 0 Å². The predicted octanol–water partition coefficient (Wildman–Crippen LogP) is 2.37. The zero-order valence-corrected chi connectivity index (χ0v) is 12.4. The smallest absolute Gasteiger partial charge is 0.133 e. The highest BCUT2D eigenvalue weighted by Gasteiger charge is 2.11. The van der Waals surface area contributed by atoms with Gasteiger partial charge in [0.2, 0.25) is 0 Å². The molecular weight excluding hydrogens is 276 g/mol. The minimum atomic E-state index is 0.103. The lowest BCUT2D eigenvalue weighted by atomic mass is 10.1. The molecule has 4 nitrogen and oxygen atoms in total. The monoisotopic (exact) mass is 294 g/mol. The van der Waals surface area contributed by atoms with Crippen LogP contribution in [0.25, 0.3) is 10.1 Å². The molecule has 6 N–H and O–H groups in total. The van der Waals surface area contributed by atoms with Gasteiger partial charge in [-0.1, -0.05) is 0 Å². The summed E-state index contributed by atoms with van der Waals surface area (Å²) in [5.41, 5.74) is 13.4. The van der Waals surface area contributed by atoms with Gasteiger partial charge in [-0.3, -0.25) is 5.41 Å². The Labute approximate surface area is 122 Å². The van der Waals surface area contributed by atoms with Crippen molar-refractivity contribution in [3.8, 4) is 0 Å². The van der Waals surface area contributed by atoms with Gasteiger partial charge >= 0.3 is 0 Å². The molecule has 0 saturated carbocycles. The van der Waals surface area contributed by atoms with E-state index in [9.17, 15) is 0 Å². The lowest BCUT2D eigenvalue weighted by Gasteiger charge is -2.15. The molecule has 0 bridgehead atoms. The van der Waals surface area contributed by atoms with Gasteiger partial charge in [0, 0.05) is 34.1 Å². The first-order valence-electron chi connectivity index (χ1n) is 6.03. The molecule has 0 saturated heterocycles. The molecule has 0 radical (unpaired) electrons. The van der Waals surface area contributed by atoms with E-state index in [1.54, 1.807) is 0 Å². The standard InChI is InChI=1S/C13H18N4S2/c1-7(5-14)17-10-2-8(6-18)3-11-9(10)4-12(19-11)13(15)16/h2-4,7,17-18H,5-6,14H2,1H3,(H3,15,16)/t7-/m0/s1. The number of thiol groups is 1. The molecule has 0 spiro atoms. The van der Waals surface area contributed by atoms with Crippen molar-refractivity contribution >= 4 is 45.6 Å². The molecule has 1 aromatic heterocycles. The number of nitrogens with two attached hydrogens (primary N) is 2. The molecule has 0 amide bonds. The van der Waals surface area contributed by atoms with Crippen molar-refractivity contribution in [2.75, 3.05) is 11.9 Å². The molecule has 2 rings (SSSR count). The van der Waals surface area contributed by atoms with Crippen LogP contribution in [0.4, 0.5) is 5.69 Å². The van der Waals surface area contributed by atoms with Crippen LogP contribution in [-0.4, -0.2) is 18.4 Å². The summed E-state index contributed by atoms with van der Waals surface area (Å²) in [5.74, 6) is 0.779. The average molecular weight is 294 g/mol. The number of anilines is 1. The van der Waals surface area contributed by atoms with E-state index in [2.05, 4.69) is 30.1 Å². The Morgan fingerprint density at radius 2 is 2.21 bits per heavy atom. The zero-order valence-electron chi connectivity index (χ0n) is 10.7. The molecule has 6 heteroatoms. The number of benzene rings is 1. The number of nitrogens with one attached hydrogen (secondary N) is 2. The van der Waals surface area contributed by atoms with E-state index < -0.39 is 0 Å². The summed E-state index contributed by atoms with van der Waals surface area (Å²) in [6.45, 7) is 2.60. The Balaban J connectivity index is 2.55. The summed E-state index contributed by atoms with van der Waals surface area (Å²) in [4.78, 5) is 0.787. The van der Waals surface area contributed by atoms with Gasteiger partial charge in [0.25, 0.3) is 0 Å². The van der Waals surface area contributed by atoms with E-state index in [0.29, 0.717) is 12.3 Å². The Morgan fingerprint density at radius 3 is 2.79 bits per heavy atom. The molecule has 1 heterocycles. The topological polar surface area (TPSA) is 87.9 Å². The number of fused-ring (bicyclic) bond motifs is 1. The third-order valence-corrected chi connectivity index (χ3v) is 4.38. The van der Waals surface area contributed by atoms with Crippen molar-refractivity contribution in [2.24, 2.45) is 11.5 Å². The van der Waals surface area contributed by atoms with Crippen molar-refractivity contribution in [3.63, 3.8) is 0 Å². The number of rotatable bonds is 5. The Kier molecular flexibility index (Phi) is 4.34. The number of nitrogen functional groups attached to an aromatic ring is 1. The predicted molar refractivity (Wildman–Crippen MR) is 87.7 cm³/mol. The number of amidine groups is 1. The van der Waals surface area contributed by atoms with Gasteiger partial charge in [0.15, 0.2) is 0 Å². The molecule has 0 aliphatic rings. The third kappa shape index (κ3) is 3.02. The van der Waals surface area contributed by atoms with Crippen molar-refractivity contribution in [1.82, 2.24) is 0 Å². The first kappa shape index (κ1) is 14.2. The Bertz CT molecular complexity index is 606. The Hall–Kier alpha value is -1.24. The summed E-state index contributed by atoms with van der Waals surface area (Å²) in [6, 6.07) is 6.32. The number of thiophene rings is 1. The van der Waals surface area contributed by atoms with Crippen LogP contribution in [0, 0.1) is 5.41 Å². The molecule has 0 aliphatic carbocycles. The normalized spacial score (nSPS) is 12.6. The molecule has 102 valence electrons. The lowest BCUT2D eigenvalue weighted by molar-refractivity contribution is 0.805. The van der Waals surface area contributed by atoms with Crippen LogP contribution in [0.5, 0.6) is 0 Å². The van der Waals surface area contributed by atoms with Crippen LogP contribution >= 0.6 is 24.0 Å². The van der Waals surface area contributed by atoms with Gasteiger partial charge in [0.05, 0.1) is 4.88 Å². The second kappa shape index (κ2) is 5.81. The quantitative estimate of drug-likeness (QED) is 0.333. The molecular formula is C13H18N4S2. The van der Waals surface area contributed by atoms with E-state index in [1.165, 1.54) is 11.3 Å². The summed E-state index contributed by atoms with van der Waals surface area (Å²) in [6.07, 6.45) is 0. The fourth-order valence-electron chi connectivity index (χ4n) is 1.86. The van der Waals surface area contributed by atoms with Crippen molar-refractivity contribution in [2.45, 2.75) is 18.7 Å². The fourth-order valence-corrected chi connectivity index (χ4v) is 3.06. The maximum absolute atomic E-state index is 7.55. The van der Waals surface area contributed by atoms with E-state index in [1.807, 2.05) is 13.0 Å². The highest BCUT2D eigenvalue weighted by atomic mass is 32.1. The number of hydrogen-bond acceptors (Lipinski definition) is 5. The SMILES string of the molecule is C[C@@H](CN)Nc1cc(CS)cc2sc(C(=N)N)cc12. The second-order valence-electron chi connectivity index (χ2n) is 4.52. The third-order valence-electron chi connectivity index (χ3n) is 2.90. The highest BCUT2D eigenvalue weighted by Crippen LogP contribution is 2.33. The summed E-state index contributed by atoms with van der Waals surface area (Å²) < 4.78 is 1.11. The number of hydrogen-bond donors (Lipinski definition) is 5. The molecule has 2 aromatic rings. The minimum Gasteiger partial charge on any atom is -0.383 e. The average Bonchev–Trinajstić information content (AvgIpc) is 2.82. The molecule has 1 atom stereocenters. The van der Waals surface area contributed by atoms with Gasteiger partial charge in [-0.15, -0.1) is 11.3 Å². The van der Waals surface area contributed by atoms with Crippen LogP contribution in [0.3, 0.4) is 0 Å². The van der Waals surface area contributed by atoms with Gasteiger partial charge in [0.1, 0.15) is 5.84 Å². The van der Waals surface area contributed by atoms with Crippen LogP contribution in [-0.2, 0) is 5.75 Å². The van der Waals surface area contributed by atoms with Gasteiger partial charge < -0.3 is 16.8 Å². The molecule has 19 heavy (non-hydrogen) atoms. The van der Waals surface area contributed by atoms with Crippen molar-refractivity contribution in [3.05, 3.63) is 28.6 Å². The maximum atomic E-state index is 7.55. The van der Waals surface area contributed by atoms with E-state index in [-0.39, 0.29) is 11.9 Å². The van der Waals surface area contributed by atoms with E-state index >= 15 is 0 Å². The van der Waals surface area contributed by atoms with Crippen LogP contribution in [0.1, 0.15) is 17.4 Å². The Morgan fingerprint density at radius 1 is 1.47 bits per heavy atom. The first-order valence-corrected chi connectivity index (χ1v) is 7.48. The highest BCUT2D eigenvalue weighted by molar-refractivity contribution is 7.79. The molecule has 0 unspecified atom stereocenters. The largest absolute Gasteiger partial charge is 0.383 e. The molecule has 1 aromatic carbocycles. The first-order chi connectivity index (χ1) is 9.05. The van der Waals surface area contributed by atoms with Gasteiger partial charge in [-0.2, -0.15) is 12.6 Å². The minimum absolute atomic E-state index is 0.103. The fraction of sp³-hybridized carbons (Fsp3) is 0.308. The van der Waals surface area contributed by atoms with Crippen LogP contribution in [0.15, 0.2) is 18.2 Å². The molecule has 0 aliphatic heterocycles. The van der Waals surface area contributed by atoms with Gasteiger partial charge in [-0.05, 0) is 30.7 Å². The van der Waals surface area contributed by atoms with E-state index in [0.717, 1.165) is 26.2 Å². The second-order valence-corrected chi connectivity index (χ2v) is 5.92. The summed E-state index contributed by atoms with van der Waals surface area (Å²) in [5, 5.41) is 12.0. The zero-order chi connectivity index (χ0) is 14.0. The van der Waals surface area contributed by atoms with Crippen LogP contribution < -0.4 is 16.8 Å². The maximum Gasteiger partial charge on any atom is 0.133 e. The summed E-state index contributed by atoms with van der Waals surface area (Å²) in [7, 11) is 0. The van der Waals surface area contributed by atoms with E-state index in [4.69, 9.17) is 16.9 Å².